The second kappa shape index (κ2) is 7.17. The summed E-state index contributed by atoms with van der Waals surface area (Å²) in [6.07, 6.45) is -2.15. The molecule has 1 aliphatic rings. The number of ether oxygens (including phenoxy) is 2. The number of halogens is 2. The van der Waals surface area contributed by atoms with Gasteiger partial charge in [0.15, 0.2) is 12.3 Å². The van der Waals surface area contributed by atoms with Crippen LogP contribution in [0.1, 0.15) is 23.5 Å². The molecule has 1 aliphatic heterocycles. The van der Waals surface area contributed by atoms with Crippen LogP contribution in [-0.4, -0.2) is 42.6 Å². The van der Waals surface area contributed by atoms with E-state index in [2.05, 4.69) is 0 Å². The number of rotatable bonds is 4. The van der Waals surface area contributed by atoms with Gasteiger partial charge in [-0.1, -0.05) is 40.8 Å². The number of hydrogen-bond acceptors (Lipinski definition) is 6. The second-order valence-corrected chi connectivity index (χ2v) is 7.05. The molecule has 2 N–H and O–H groups in total. The van der Waals surface area contributed by atoms with Crippen molar-refractivity contribution in [1.82, 2.24) is 9.55 Å². The van der Waals surface area contributed by atoms with Crippen LogP contribution in [0.2, 0.25) is 0 Å². The molecule has 8 nitrogen and oxygen atoms in total. The molecule has 0 aliphatic carbocycles. The molecule has 2 aromatic rings. The van der Waals surface area contributed by atoms with Gasteiger partial charge in [-0.2, -0.15) is 0 Å². The van der Waals surface area contributed by atoms with Gasteiger partial charge in [0.1, 0.15) is 5.60 Å². The number of benzene rings is 1. The third kappa shape index (κ3) is 3.56. The van der Waals surface area contributed by atoms with Crippen molar-refractivity contribution in [3.63, 3.8) is 0 Å². The Morgan fingerprint density at radius 3 is 2.63 bits per heavy atom. The molecular formula is C17H16FIN2O6. The van der Waals surface area contributed by atoms with Crippen molar-refractivity contribution in [3.05, 3.63) is 69.0 Å². The molecular weight excluding hydrogens is 474 g/mol. The topological polar surface area (TPSA) is 111 Å². The van der Waals surface area contributed by atoms with Crippen LogP contribution in [-0.2, 0) is 9.47 Å². The number of carbonyl (C=O) groups excluding carboxylic acids is 1. The molecule has 2 heterocycles. The molecule has 4 atom stereocenters. The minimum Gasteiger partial charge on any atom is -0.449 e. The maximum Gasteiger partial charge on any atom is 0.338 e. The van der Waals surface area contributed by atoms with E-state index in [0.29, 0.717) is 0 Å². The summed E-state index contributed by atoms with van der Waals surface area (Å²) < 4.78 is 26.5. The minimum absolute atomic E-state index is 0.175. The lowest BCUT2D eigenvalue weighted by molar-refractivity contribution is -0.170. The van der Waals surface area contributed by atoms with Gasteiger partial charge in [-0.05, 0) is 19.1 Å². The number of aliphatic hydroxyl groups is 1. The van der Waals surface area contributed by atoms with Crippen molar-refractivity contribution < 1.29 is 23.8 Å². The zero-order valence-corrected chi connectivity index (χ0v) is 16.3. The van der Waals surface area contributed by atoms with Crippen LogP contribution in [0.3, 0.4) is 0 Å². The summed E-state index contributed by atoms with van der Waals surface area (Å²) in [7, 11) is 0. The predicted molar refractivity (Wildman–Crippen MR) is 100 cm³/mol. The molecule has 1 fully saturated rings. The van der Waals surface area contributed by atoms with Crippen molar-refractivity contribution in [2.45, 2.75) is 30.7 Å². The third-order valence-electron chi connectivity index (χ3n) is 4.25. The van der Waals surface area contributed by atoms with Crippen molar-refractivity contribution in [3.8, 4) is 0 Å². The van der Waals surface area contributed by atoms with Crippen molar-refractivity contribution in [2.75, 3.05) is 4.43 Å². The monoisotopic (exact) mass is 490 g/mol. The Hall–Kier alpha value is -2.05. The number of esters is 1. The number of H-pyrrole nitrogens is 1. The summed E-state index contributed by atoms with van der Waals surface area (Å²) in [4.78, 5) is 37.7. The molecule has 3 rings (SSSR count). The lowest BCUT2D eigenvalue weighted by atomic mass is 9.95. The van der Waals surface area contributed by atoms with E-state index in [1.807, 2.05) is 4.98 Å². The fourth-order valence-corrected chi connectivity index (χ4v) is 3.52. The molecule has 0 unspecified atom stereocenters. The molecule has 10 heteroatoms. The Labute approximate surface area is 166 Å². The molecule has 1 aromatic carbocycles. The van der Waals surface area contributed by atoms with Crippen LogP contribution in [0.4, 0.5) is 4.39 Å². The Balaban J connectivity index is 1.98. The van der Waals surface area contributed by atoms with Gasteiger partial charge in [0.2, 0.25) is 0 Å². The highest BCUT2D eigenvalue weighted by Crippen LogP contribution is 2.47. The Morgan fingerprint density at radius 1 is 1.37 bits per heavy atom. The largest absolute Gasteiger partial charge is 0.449 e. The van der Waals surface area contributed by atoms with E-state index >= 15 is 4.39 Å². The fraction of sp³-hybridized carbons (Fsp3) is 0.353. The highest BCUT2D eigenvalue weighted by atomic mass is 127. The van der Waals surface area contributed by atoms with Crippen LogP contribution in [0.25, 0.3) is 0 Å². The lowest BCUT2D eigenvalue weighted by Crippen LogP contribution is -2.51. The normalized spacial score (nSPS) is 30.2. The van der Waals surface area contributed by atoms with Crippen LogP contribution in [0, 0.1) is 0 Å². The molecule has 0 spiro atoms. The van der Waals surface area contributed by atoms with E-state index in [-0.39, 0.29) is 9.99 Å². The highest BCUT2D eigenvalue weighted by molar-refractivity contribution is 14.1. The average Bonchev–Trinajstić information content (AvgIpc) is 2.83. The number of alkyl halides is 2. The summed E-state index contributed by atoms with van der Waals surface area (Å²) in [6.45, 7) is 1.20. The van der Waals surface area contributed by atoms with Crippen molar-refractivity contribution >= 4 is 28.6 Å². The first-order valence-corrected chi connectivity index (χ1v) is 9.44. The summed E-state index contributed by atoms with van der Waals surface area (Å²) >= 11 is 1.70. The van der Waals surface area contributed by atoms with Crippen molar-refractivity contribution in [2.24, 2.45) is 0 Å². The van der Waals surface area contributed by atoms with E-state index in [0.717, 1.165) is 16.8 Å². The van der Waals surface area contributed by atoms with E-state index in [1.165, 1.54) is 19.1 Å². The van der Waals surface area contributed by atoms with Gasteiger partial charge in [0.25, 0.3) is 11.4 Å². The van der Waals surface area contributed by atoms with Gasteiger partial charge < -0.3 is 14.6 Å². The van der Waals surface area contributed by atoms with Gasteiger partial charge in [-0.15, -0.1) is 0 Å². The number of aromatic amines is 1. The first kappa shape index (κ1) is 19.7. The van der Waals surface area contributed by atoms with Crippen LogP contribution >= 0.6 is 22.6 Å². The molecule has 27 heavy (non-hydrogen) atoms. The van der Waals surface area contributed by atoms with Gasteiger partial charge in [0.05, 0.1) is 9.99 Å². The minimum atomic E-state index is -2.55. The second-order valence-electron chi connectivity index (χ2n) is 6.28. The standard InChI is InChI=1S/C17H16FIN2O6/c1-16(25)13(26-12(23)10-5-3-2-4-6-10)17(18,9-19)27-14(16)21-8-7-11(22)20-15(21)24/h2-8,13-14,25H,9H2,1H3,(H,20,22,24)/t13-,14+,16+,17+/m0/s1. The first-order valence-electron chi connectivity index (χ1n) is 7.91. The van der Waals surface area contributed by atoms with Gasteiger partial charge in [0, 0.05) is 12.3 Å². The van der Waals surface area contributed by atoms with E-state index in [4.69, 9.17) is 9.47 Å². The number of nitrogens with zero attached hydrogens (tertiary/aromatic N) is 1. The van der Waals surface area contributed by atoms with Crippen LogP contribution < -0.4 is 11.2 Å². The maximum atomic E-state index is 15.4. The maximum absolute atomic E-state index is 15.4. The summed E-state index contributed by atoms with van der Waals surface area (Å²) in [6, 6.07) is 8.94. The van der Waals surface area contributed by atoms with Crippen LogP contribution in [0.5, 0.6) is 0 Å². The van der Waals surface area contributed by atoms with E-state index in [9.17, 15) is 19.5 Å². The lowest BCUT2D eigenvalue weighted by Gasteiger charge is -2.30. The van der Waals surface area contributed by atoms with Gasteiger partial charge in [-0.3, -0.25) is 14.3 Å². The van der Waals surface area contributed by atoms with E-state index in [1.54, 1.807) is 40.8 Å². The number of aromatic nitrogens is 2. The fourth-order valence-electron chi connectivity index (χ4n) is 2.94. The summed E-state index contributed by atoms with van der Waals surface area (Å²) in [5.74, 6) is -3.39. The van der Waals surface area contributed by atoms with E-state index < -0.39 is 41.0 Å². The molecule has 0 radical (unpaired) electrons. The number of hydrogen-bond donors (Lipinski definition) is 2. The molecule has 144 valence electrons. The zero-order valence-electron chi connectivity index (χ0n) is 14.1. The SMILES string of the molecule is C[C@]1(O)[C@H](n2ccc(=O)[nH]c2=O)O[C@](F)(CI)[C@H]1OC(=O)c1ccccc1. The van der Waals surface area contributed by atoms with Gasteiger partial charge >= 0.3 is 11.7 Å². The molecule has 1 saturated heterocycles. The molecule has 0 amide bonds. The molecule has 0 saturated carbocycles. The summed E-state index contributed by atoms with van der Waals surface area (Å²) in [5.41, 5.74) is -3.46. The smallest absolute Gasteiger partial charge is 0.338 e. The first-order chi connectivity index (χ1) is 12.7. The molecule has 1 aromatic heterocycles. The highest BCUT2D eigenvalue weighted by Gasteiger charge is 2.65. The number of carbonyl (C=O) groups is 1. The van der Waals surface area contributed by atoms with Crippen LogP contribution in [0.15, 0.2) is 52.2 Å². The number of nitrogens with one attached hydrogen (secondary N) is 1. The summed E-state index contributed by atoms with van der Waals surface area (Å²) in [5, 5.41) is 10.9. The van der Waals surface area contributed by atoms with Gasteiger partial charge in [-0.25, -0.2) is 14.0 Å². The third-order valence-corrected chi connectivity index (χ3v) is 5.29. The Morgan fingerprint density at radius 2 is 2.04 bits per heavy atom. The quantitative estimate of drug-likeness (QED) is 0.378. The predicted octanol–water partition coefficient (Wildman–Crippen LogP) is 1.14. The van der Waals surface area contributed by atoms with Crippen molar-refractivity contribution in [1.29, 1.82) is 0 Å². The zero-order chi connectivity index (χ0) is 19.8. The average molecular weight is 490 g/mol. The Kier molecular flexibility index (Phi) is 5.23. The molecule has 0 bridgehead atoms. The Bertz CT molecular complexity index is 960.